The lowest BCUT2D eigenvalue weighted by Gasteiger charge is -2.32. The zero-order valence-corrected chi connectivity index (χ0v) is 19.3. The summed E-state index contributed by atoms with van der Waals surface area (Å²) in [6, 6.07) is 17.3. The Hall–Kier alpha value is -3.02. The van der Waals surface area contributed by atoms with E-state index in [2.05, 4.69) is 5.32 Å². The summed E-state index contributed by atoms with van der Waals surface area (Å²) in [5, 5.41) is 3.12. The first-order valence-electron chi connectivity index (χ1n) is 11.4. The summed E-state index contributed by atoms with van der Waals surface area (Å²) in [6.45, 7) is 7.56. The second-order valence-corrected chi connectivity index (χ2v) is 8.53. The zero-order valence-electron chi connectivity index (χ0n) is 19.3. The molecule has 0 radical (unpaired) electrons. The van der Waals surface area contributed by atoms with E-state index in [1.807, 2.05) is 80.3 Å². The molecule has 172 valence electrons. The van der Waals surface area contributed by atoms with Gasteiger partial charge >= 0.3 is 0 Å². The van der Waals surface area contributed by atoms with E-state index >= 15 is 0 Å². The number of nitrogens with zero attached hydrogens (tertiary/aromatic N) is 1. The molecule has 0 aliphatic carbocycles. The Morgan fingerprint density at radius 1 is 0.969 bits per heavy atom. The molecule has 3 rings (SSSR count). The number of ether oxygens (including phenoxy) is 2. The molecule has 1 N–H and O–H groups in total. The number of carbonyl (C=O) groups excluding carboxylic acids is 2. The van der Waals surface area contributed by atoms with Gasteiger partial charge in [-0.2, -0.15) is 0 Å². The van der Waals surface area contributed by atoms with Crippen LogP contribution in [0.3, 0.4) is 0 Å². The normalized spacial score (nSPS) is 15.3. The fraction of sp³-hybridized carbons (Fsp3) is 0.462. The molecule has 0 aromatic heterocycles. The van der Waals surface area contributed by atoms with Crippen molar-refractivity contribution >= 4 is 11.8 Å². The van der Waals surface area contributed by atoms with Gasteiger partial charge in [-0.15, -0.1) is 0 Å². The first-order chi connectivity index (χ1) is 15.4. The number of hydrogen-bond donors (Lipinski definition) is 1. The van der Waals surface area contributed by atoms with Crippen LogP contribution >= 0.6 is 0 Å². The maximum atomic E-state index is 12.7. The van der Waals surface area contributed by atoms with Crippen molar-refractivity contribution in [2.24, 2.45) is 5.92 Å². The molecule has 1 fully saturated rings. The quantitative estimate of drug-likeness (QED) is 0.632. The number of likely N-dealkylation sites (tertiary alicyclic amines) is 1. The highest BCUT2D eigenvalue weighted by Crippen LogP contribution is 2.22. The lowest BCUT2D eigenvalue weighted by atomic mass is 9.95. The topological polar surface area (TPSA) is 67.9 Å². The summed E-state index contributed by atoms with van der Waals surface area (Å²) in [6.07, 6.45) is 1.85. The molecule has 6 heteroatoms. The second-order valence-electron chi connectivity index (χ2n) is 8.53. The van der Waals surface area contributed by atoms with Gasteiger partial charge in [0.25, 0.3) is 0 Å². The minimum absolute atomic E-state index is 0.0551. The van der Waals surface area contributed by atoms with Crippen molar-refractivity contribution in [1.82, 2.24) is 10.2 Å². The summed E-state index contributed by atoms with van der Waals surface area (Å²) in [5.41, 5.74) is 1.04. The molecule has 2 amide bonds. The van der Waals surface area contributed by atoms with Gasteiger partial charge in [0.15, 0.2) is 0 Å². The molecule has 1 aliphatic rings. The Bertz CT molecular complexity index is 859. The highest BCUT2D eigenvalue weighted by Gasteiger charge is 2.28. The molecule has 2 aromatic rings. The fourth-order valence-electron chi connectivity index (χ4n) is 3.84. The van der Waals surface area contributed by atoms with Gasteiger partial charge in [0.2, 0.25) is 11.8 Å². The summed E-state index contributed by atoms with van der Waals surface area (Å²) in [7, 11) is 0. The first-order valence-corrected chi connectivity index (χ1v) is 11.4. The molecule has 6 nitrogen and oxygen atoms in total. The molecule has 1 atom stereocenters. The first kappa shape index (κ1) is 23.6. The lowest BCUT2D eigenvalue weighted by molar-refractivity contribution is -0.136. The Labute approximate surface area is 190 Å². The molecule has 1 saturated heterocycles. The van der Waals surface area contributed by atoms with Gasteiger partial charge < -0.3 is 19.7 Å². The van der Waals surface area contributed by atoms with E-state index in [0.717, 1.165) is 17.1 Å². The van der Waals surface area contributed by atoms with E-state index < -0.39 is 0 Å². The van der Waals surface area contributed by atoms with Crippen molar-refractivity contribution < 1.29 is 19.1 Å². The number of hydrogen-bond acceptors (Lipinski definition) is 4. The van der Waals surface area contributed by atoms with Crippen LogP contribution < -0.4 is 14.8 Å². The van der Waals surface area contributed by atoms with Crippen LogP contribution in [-0.2, 0) is 9.59 Å². The van der Waals surface area contributed by atoms with Crippen molar-refractivity contribution in [2.75, 3.05) is 19.7 Å². The third-order valence-electron chi connectivity index (χ3n) is 5.66. The van der Waals surface area contributed by atoms with Crippen molar-refractivity contribution in [1.29, 1.82) is 0 Å². The predicted octanol–water partition coefficient (Wildman–Crippen LogP) is 4.36. The maximum absolute atomic E-state index is 12.7. The third-order valence-corrected chi connectivity index (χ3v) is 5.66. The second kappa shape index (κ2) is 11.6. The highest BCUT2D eigenvalue weighted by atomic mass is 16.5. The van der Waals surface area contributed by atoms with Crippen molar-refractivity contribution in [3.63, 3.8) is 0 Å². The Morgan fingerprint density at radius 2 is 1.62 bits per heavy atom. The summed E-state index contributed by atoms with van der Waals surface area (Å²) < 4.78 is 11.3. The smallest absolute Gasteiger partial charge is 0.225 e. The summed E-state index contributed by atoms with van der Waals surface area (Å²) in [4.78, 5) is 27.0. The fourth-order valence-corrected chi connectivity index (χ4v) is 3.84. The number of benzene rings is 2. The lowest BCUT2D eigenvalue weighted by Crippen LogP contribution is -2.43. The molecule has 2 aromatic carbocycles. The van der Waals surface area contributed by atoms with Crippen LogP contribution in [0.15, 0.2) is 54.6 Å². The Balaban J connectivity index is 1.39. The minimum Gasteiger partial charge on any atom is -0.493 e. The predicted molar refractivity (Wildman–Crippen MR) is 125 cm³/mol. The van der Waals surface area contributed by atoms with Crippen LogP contribution in [-0.4, -0.2) is 42.5 Å². The van der Waals surface area contributed by atoms with E-state index in [9.17, 15) is 9.59 Å². The monoisotopic (exact) mass is 438 g/mol. The molecule has 0 saturated carbocycles. The molecule has 1 unspecified atom stereocenters. The molecule has 0 spiro atoms. The van der Waals surface area contributed by atoms with Gasteiger partial charge in [-0.3, -0.25) is 9.59 Å². The van der Waals surface area contributed by atoms with Gasteiger partial charge in [-0.25, -0.2) is 0 Å². The summed E-state index contributed by atoms with van der Waals surface area (Å²) in [5.74, 6) is 1.67. The van der Waals surface area contributed by atoms with E-state index in [0.29, 0.717) is 39.0 Å². The number of para-hydroxylation sites is 1. The summed E-state index contributed by atoms with van der Waals surface area (Å²) >= 11 is 0. The van der Waals surface area contributed by atoms with Gasteiger partial charge in [0.1, 0.15) is 11.5 Å². The van der Waals surface area contributed by atoms with Crippen LogP contribution in [0, 0.1) is 5.92 Å². The Kier molecular flexibility index (Phi) is 8.54. The average Bonchev–Trinajstić information content (AvgIpc) is 2.80. The minimum atomic E-state index is -0.0783. The van der Waals surface area contributed by atoms with E-state index in [4.69, 9.17) is 9.47 Å². The van der Waals surface area contributed by atoms with Crippen molar-refractivity contribution in [2.45, 2.75) is 52.2 Å². The van der Waals surface area contributed by atoms with Crippen LogP contribution in [0.4, 0.5) is 0 Å². The molecular formula is C26H34N2O4. The van der Waals surface area contributed by atoms with Gasteiger partial charge in [-0.05, 0) is 63.4 Å². The van der Waals surface area contributed by atoms with E-state index in [-0.39, 0.29) is 29.9 Å². The van der Waals surface area contributed by atoms with Crippen LogP contribution in [0.2, 0.25) is 0 Å². The zero-order chi connectivity index (χ0) is 22.9. The van der Waals surface area contributed by atoms with E-state index in [1.165, 1.54) is 0 Å². The third kappa shape index (κ3) is 7.01. The number of piperidine rings is 1. The number of nitrogens with one attached hydrogen (secondary N) is 1. The standard InChI is InChI=1S/C26H34N2O4/c1-19(2)32-24-11-9-21(10-12-24)20(3)27-26(30)22-13-16-28(17-14-22)25(29)15-18-31-23-7-5-4-6-8-23/h4-12,19-20,22H,13-18H2,1-3H3,(H,27,30). The number of rotatable bonds is 9. The highest BCUT2D eigenvalue weighted by molar-refractivity contribution is 5.80. The van der Waals surface area contributed by atoms with Crippen molar-refractivity contribution in [3.05, 3.63) is 60.2 Å². The van der Waals surface area contributed by atoms with Crippen LogP contribution in [0.1, 0.15) is 51.6 Å². The largest absolute Gasteiger partial charge is 0.493 e. The van der Waals surface area contributed by atoms with Crippen LogP contribution in [0.25, 0.3) is 0 Å². The molecular weight excluding hydrogens is 404 g/mol. The average molecular weight is 439 g/mol. The molecule has 1 aliphatic heterocycles. The SMILES string of the molecule is CC(C)Oc1ccc(C(C)NC(=O)C2CCN(C(=O)CCOc3ccccc3)CC2)cc1. The van der Waals surface area contributed by atoms with E-state index in [1.54, 1.807) is 0 Å². The number of amides is 2. The Morgan fingerprint density at radius 3 is 2.25 bits per heavy atom. The maximum Gasteiger partial charge on any atom is 0.225 e. The van der Waals surface area contributed by atoms with Gasteiger partial charge in [0.05, 0.1) is 25.2 Å². The number of carbonyl (C=O) groups is 2. The van der Waals surface area contributed by atoms with Crippen LogP contribution in [0.5, 0.6) is 11.5 Å². The van der Waals surface area contributed by atoms with Gasteiger partial charge in [-0.1, -0.05) is 30.3 Å². The molecule has 0 bridgehead atoms. The van der Waals surface area contributed by atoms with Gasteiger partial charge in [0, 0.05) is 19.0 Å². The molecule has 32 heavy (non-hydrogen) atoms. The molecule has 1 heterocycles. The van der Waals surface area contributed by atoms with Crippen molar-refractivity contribution in [3.8, 4) is 11.5 Å².